The van der Waals surface area contributed by atoms with E-state index in [1.165, 1.54) is 58.9 Å². The lowest BCUT2D eigenvalue weighted by Crippen LogP contribution is -2.79. The van der Waals surface area contributed by atoms with Crippen LogP contribution in [0.25, 0.3) is 0 Å². The molecule has 14 nitrogen and oxygen atoms in total. The number of aliphatic hydroxyl groups is 1. The zero-order valence-corrected chi connectivity index (χ0v) is 35.1. The molecule has 0 amide bonds. The lowest BCUT2D eigenvalue weighted by Gasteiger charge is -2.65. The average Bonchev–Trinajstić information content (AvgIpc) is 3.47. The van der Waals surface area contributed by atoms with Gasteiger partial charge in [0.25, 0.3) is 0 Å². The summed E-state index contributed by atoms with van der Waals surface area (Å²) in [6.07, 6.45) is -8.57. The molecule has 4 aliphatic rings. The third kappa shape index (κ3) is 7.39. The number of carbonyl (C=O) groups is 6. The van der Waals surface area contributed by atoms with Crippen molar-refractivity contribution in [2.24, 2.45) is 16.7 Å². The smallest absolute Gasteiger partial charge is 0.338 e. The summed E-state index contributed by atoms with van der Waals surface area (Å²) in [5, 5.41) is 13.0. The largest absolute Gasteiger partial charge is 0.462 e. The monoisotopic (exact) mass is 838 g/mol. The second kappa shape index (κ2) is 16.2. The van der Waals surface area contributed by atoms with Gasteiger partial charge in [-0.3, -0.25) is 14.4 Å². The molecule has 3 aromatic rings. The lowest BCUT2D eigenvalue weighted by molar-refractivity contribution is -0.351. The topological polar surface area (TPSA) is 187 Å². The zero-order valence-electron chi connectivity index (χ0n) is 35.1. The van der Waals surface area contributed by atoms with Crippen molar-refractivity contribution in [3.05, 3.63) is 119 Å². The molecule has 1 aliphatic heterocycles. The summed E-state index contributed by atoms with van der Waals surface area (Å²) >= 11 is 0. The highest BCUT2D eigenvalue weighted by Gasteiger charge is 2.81. The van der Waals surface area contributed by atoms with Gasteiger partial charge in [-0.25, -0.2) is 14.4 Å². The number of carbonyl (C=O) groups excluding carboxylic acids is 6. The Morgan fingerprint density at radius 2 is 1.15 bits per heavy atom. The van der Waals surface area contributed by atoms with Crippen molar-refractivity contribution in [2.45, 2.75) is 109 Å². The Hall–Kier alpha value is -5.86. The van der Waals surface area contributed by atoms with Gasteiger partial charge in [0.2, 0.25) is 0 Å². The molecule has 3 aliphatic carbocycles. The van der Waals surface area contributed by atoms with Gasteiger partial charge >= 0.3 is 35.8 Å². The first-order valence-corrected chi connectivity index (χ1v) is 20.2. The van der Waals surface area contributed by atoms with E-state index in [9.17, 15) is 33.9 Å². The van der Waals surface area contributed by atoms with Gasteiger partial charge in [-0.05, 0) is 68.3 Å². The Morgan fingerprint density at radius 3 is 1.57 bits per heavy atom. The molecule has 1 heterocycles. The van der Waals surface area contributed by atoms with Crippen molar-refractivity contribution >= 4 is 35.8 Å². The van der Waals surface area contributed by atoms with Gasteiger partial charge in [-0.2, -0.15) is 0 Å². The molecule has 10 atom stereocenters. The van der Waals surface area contributed by atoms with Gasteiger partial charge in [0.1, 0.15) is 24.4 Å². The molecule has 0 radical (unpaired) electrons. The van der Waals surface area contributed by atoms with Crippen LogP contribution in [0, 0.1) is 16.7 Å². The average molecular weight is 839 g/mol. The number of hydrogen-bond acceptors (Lipinski definition) is 14. The molecule has 7 rings (SSSR count). The molecule has 0 aromatic heterocycles. The Morgan fingerprint density at radius 1 is 0.672 bits per heavy atom. The summed E-state index contributed by atoms with van der Waals surface area (Å²) in [5.74, 6) is -6.04. The summed E-state index contributed by atoms with van der Waals surface area (Å²) in [7, 11) is 0. The number of fused-ring (bicyclic) bond motifs is 4. The quantitative estimate of drug-likeness (QED) is 0.148. The first-order valence-electron chi connectivity index (χ1n) is 20.2. The highest BCUT2D eigenvalue weighted by Crippen LogP contribution is 2.69. The minimum absolute atomic E-state index is 0.0957. The van der Waals surface area contributed by atoms with Gasteiger partial charge in [-0.1, -0.05) is 61.5 Å². The van der Waals surface area contributed by atoms with Gasteiger partial charge < -0.3 is 38.3 Å². The maximum Gasteiger partial charge on any atom is 0.338 e. The molecular weight excluding hydrogens is 789 g/mol. The van der Waals surface area contributed by atoms with Crippen molar-refractivity contribution in [1.82, 2.24) is 0 Å². The Kier molecular flexibility index (Phi) is 11.5. The maximum atomic E-state index is 14.7. The molecule has 3 fully saturated rings. The van der Waals surface area contributed by atoms with Crippen LogP contribution >= 0.6 is 0 Å². The van der Waals surface area contributed by atoms with E-state index in [-0.39, 0.29) is 41.7 Å². The summed E-state index contributed by atoms with van der Waals surface area (Å²) in [5.41, 5.74) is -6.53. The van der Waals surface area contributed by atoms with Crippen LogP contribution in [0.3, 0.4) is 0 Å². The number of esters is 6. The molecule has 3 aromatic carbocycles. The Bertz CT molecular complexity index is 2230. The minimum atomic E-state index is -1.97. The second-order valence-electron chi connectivity index (χ2n) is 17.0. The summed E-state index contributed by atoms with van der Waals surface area (Å²) in [6, 6.07) is 24.2. The van der Waals surface area contributed by atoms with E-state index >= 15 is 0 Å². The number of benzene rings is 3. The fourth-order valence-electron chi connectivity index (χ4n) is 10.4. The normalized spacial score (nSPS) is 31.4. The molecule has 0 bridgehead atoms. The van der Waals surface area contributed by atoms with E-state index in [0.717, 1.165) is 0 Å². The third-order valence-electron chi connectivity index (χ3n) is 13.0. The molecule has 322 valence electrons. The van der Waals surface area contributed by atoms with E-state index in [4.69, 9.17) is 33.2 Å². The van der Waals surface area contributed by atoms with E-state index in [2.05, 4.69) is 0 Å². The van der Waals surface area contributed by atoms with Crippen molar-refractivity contribution in [1.29, 1.82) is 0 Å². The van der Waals surface area contributed by atoms with Gasteiger partial charge in [0, 0.05) is 33.6 Å². The second-order valence-corrected chi connectivity index (χ2v) is 17.0. The zero-order chi connectivity index (χ0) is 44.1. The molecule has 1 unspecified atom stereocenters. The fraction of sp³-hybridized carbons (Fsp3) is 0.447. The first kappa shape index (κ1) is 43.2. The molecule has 14 heteroatoms. The van der Waals surface area contributed by atoms with Gasteiger partial charge in [-0.15, -0.1) is 0 Å². The summed E-state index contributed by atoms with van der Waals surface area (Å²) < 4.78 is 44.7. The standard InChI is InChI=1S/C47H50O14/c1-26-33(56-27(2)48)24-46(44(5,6)54)36(26)37(58-41(51)30-17-11-8-12-18-30)39(59-42(52)31-19-13-9-14-20-31)45(7)34(57-28(3)49)23-35-47(25-55-35,61-29(4)50)38(45)40(46)60-43(53)32-21-15-10-16-22-32/h8-22,33-35,37-40,54H,23-25H2,1-7H3/t33-,34-,35+,37+,38?,39-,40-,45+,46-,47-/m0/s1. The van der Waals surface area contributed by atoms with Crippen LogP contribution < -0.4 is 0 Å². The van der Waals surface area contributed by atoms with Crippen LogP contribution in [0.2, 0.25) is 0 Å². The highest BCUT2D eigenvalue weighted by atomic mass is 16.6. The predicted octanol–water partition coefficient (Wildman–Crippen LogP) is 5.74. The Labute approximate surface area is 353 Å². The number of rotatable bonds is 10. The highest BCUT2D eigenvalue weighted by molar-refractivity contribution is 5.91. The molecule has 61 heavy (non-hydrogen) atoms. The van der Waals surface area contributed by atoms with Crippen LogP contribution in [0.15, 0.2) is 102 Å². The van der Waals surface area contributed by atoms with E-state index < -0.39 is 100 Å². The van der Waals surface area contributed by atoms with Crippen molar-refractivity contribution in [3.63, 3.8) is 0 Å². The van der Waals surface area contributed by atoms with E-state index in [1.807, 2.05) is 0 Å². The lowest BCUT2D eigenvalue weighted by atomic mass is 9.49. The first-order chi connectivity index (χ1) is 28.8. The molecular formula is C47H50O14. The van der Waals surface area contributed by atoms with Gasteiger partial charge in [0.15, 0.2) is 17.8 Å². The third-order valence-corrected chi connectivity index (χ3v) is 13.0. The minimum Gasteiger partial charge on any atom is -0.462 e. The van der Waals surface area contributed by atoms with E-state index in [0.29, 0.717) is 5.57 Å². The van der Waals surface area contributed by atoms with E-state index in [1.54, 1.807) is 80.6 Å². The van der Waals surface area contributed by atoms with Crippen LogP contribution in [0.1, 0.15) is 92.4 Å². The van der Waals surface area contributed by atoms with Crippen molar-refractivity contribution in [2.75, 3.05) is 6.61 Å². The number of ether oxygens (including phenoxy) is 7. The molecule has 0 spiro atoms. The number of hydrogen-bond donors (Lipinski definition) is 1. The van der Waals surface area contributed by atoms with Gasteiger partial charge in [0.05, 0.1) is 45.6 Å². The van der Waals surface area contributed by atoms with Crippen LogP contribution in [0.5, 0.6) is 0 Å². The molecule has 1 N–H and O–H groups in total. The summed E-state index contributed by atoms with van der Waals surface area (Å²) in [4.78, 5) is 83.3. The fourth-order valence-corrected chi connectivity index (χ4v) is 10.4. The Balaban J connectivity index is 1.62. The molecule has 2 saturated carbocycles. The van der Waals surface area contributed by atoms with Crippen molar-refractivity contribution in [3.8, 4) is 0 Å². The van der Waals surface area contributed by atoms with Crippen LogP contribution in [0.4, 0.5) is 0 Å². The van der Waals surface area contributed by atoms with Crippen LogP contribution in [-0.4, -0.2) is 95.4 Å². The maximum absolute atomic E-state index is 14.7. The SMILES string of the molecule is CC(=O)O[C@H]1C[C@]2(C(C)(C)O)C(=C1C)[C@@H](OC(=O)c1ccccc1)[C@H](OC(=O)c1ccccc1)[C@@]1(C)C([C@@H]2OC(=O)c2ccccc2)[C@]2(OC(C)=O)CO[C@@H]2C[C@@H]1OC(C)=O. The molecule has 1 saturated heterocycles. The van der Waals surface area contributed by atoms with Crippen LogP contribution in [-0.2, 0) is 47.5 Å². The predicted molar refractivity (Wildman–Crippen MR) is 215 cm³/mol. The van der Waals surface area contributed by atoms with Crippen molar-refractivity contribution < 1.29 is 67.0 Å². The summed E-state index contributed by atoms with van der Waals surface area (Å²) in [6.45, 7) is 9.67.